The monoisotopic (exact) mass is 155 g/mol. The molecule has 60 valence electrons. The van der Waals surface area contributed by atoms with Crippen molar-refractivity contribution in [2.75, 3.05) is 0 Å². The highest BCUT2D eigenvalue weighted by atomic mass is 16.4. The SMILES string of the molecule is C=C(C)NC(=O)/C=C\C(=O)O. The number of allylic oxidation sites excluding steroid dienone is 1. The number of aliphatic carboxylic acids is 1. The average Bonchev–Trinajstić information content (AvgIpc) is 1.82. The van der Waals surface area contributed by atoms with Crippen molar-refractivity contribution in [2.24, 2.45) is 0 Å². The van der Waals surface area contributed by atoms with Gasteiger partial charge in [-0.2, -0.15) is 0 Å². The molecule has 0 atom stereocenters. The Morgan fingerprint density at radius 1 is 1.45 bits per heavy atom. The molecular formula is C7H9NO3. The van der Waals surface area contributed by atoms with Gasteiger partial charge < -0.3 is 10.4 Å². The quantitative estimate of drug-likeness (QED) is 0.575. The van der Waals surface area contributed by atoms with Gasteiger partial charge in [-0.25, -0.2) is 4.79 Å². The number of carboxylic acids is 1. The van der Waals surface area contributed by atoms with E-state index in [1.165, 1.54) is 0 Å². The molecule has 0 aliphatic rings. The van der Waals surface area contributed by atoms with Crippen LogP contribution in [0.25, 0.3) is 0 Å². The van der Waals surface area contributed by atoms with Gasteiger partial charge in [-0.05, 0) is 6.92 Å². The maximum Gasteiger partial charge on any atom is 0.328 e. The van der Waals surface area contributed by atoms with E-state index in [-0.39, 0.29) is 0 Å². The molecule has 0 aliphatic carbocycles. The predicted molar refractivity (Wildman–Crippen MR) is 39.7 cm³/mol. The number of rotatable bonds is 3. The number of hydrogen-bond donors (Lipinski definition) is 2. The van der Waals surface area contributed by atoms with E-state index < -0.39 is 11.9 Å². The molecule has 0 rings (SSSR count). The van der Waals surface area contributed by atoms with Gasteiger partial charge in [0.25, 0.3) is 0 Å². The van der Waals surface area contributed by atoms with Crippen LogP contribution in [-0.4, -0.2) is 17.0 Å². The van der Waals surface area contributed by atoms with Crippen LogP contribution >= 0.6 is 0 Å². The maximum absolute atomic E-state index is 10.6. The zero-order valence-corrected chi connectivity index (χ0v) is 6.13. The van der Waals surface area contributed by atoms with E-state index >= 15 is 0 Å². The fourth-order valence-corrected chi connectivity index (χ4v) is 0.399. The van der Waals surface area contributed by atoms with Crippen LogP contribution in [0.3, 0.4) is 0 Å². The van der Waals surface area contributed by atoms with Crippen molar-refractivity contribution in [1.29, 1.82) is 0 Å². The van der Waals surface area contributed by atoms with Crippen LogP contribution in [0.5, 0.6) is 0 Å². The Balaban J connectivity index is 3.88. The van der Waals surface area contributed by atoms with E-state index in [2.05, 4.69) is 11.9 Å². The molecule has 0 unspecified atom stereocenters. The topological polar surface area (TPSA) is 66.4 Å². The van der Waals surface area contributed by atoms with Crippen LogP contribution in [0.15, 0.2) is 24.4 Å². The Kier molecular flexibility index (Phi) is 3.66. The molecule has 0 saturated heterocycles. The summed E-state index contributed by atoms with van der Waals surface area (Å²) in [5.41, 5.74) is 0.477. The number of carboxylic acid groups (broad SMARTS) is 1. The molecule has 0 spiro atoms. The third-order valence-corrected chi connectivity index (χ3v) is 0.714. The van der Waals surface area contributed by atoms with Crippen molar-refractivity contribution in [3.63, 3.8) is 0 Å². The molecule has 0 fully saturated rings. The van der Waals surface area contributed by atoms with Crippen molar-refractivity contribution >= 4 is 11.9 Å². The Hall–Kier alpha value is -1.58. The molecule has 0 aromatic carbocycles. The summed E-state index contributed by atoms with van der Waals surface area (Å²) in [6.45, 7) is 5.01. The first-order valence-corrected chi connectivity index (χ1v) is 2.90. The number of carbonyl (C=O) groups is 2. The van der Waals surface area contributed by atoms with Crippen LogP contribution in [0.1, 0.15) is 6.92 Å². The van der Waals surface area contributed by atoms with E-state index in [1.807, 2.05) is 0 Å². The lowest BCUT2D eigenvalue weighted by molar-refractivity contribution is -0.131. The summed E-state index contributed by atoms with van der Waals surface area (Å²) in [5, 5.41) is 10.4. The Labute approximate surface area is 64.2 Å². The average molecular weight is 155 g/mol. The molecule has 0 heterocycles. The first kappa shape index (κ1) is 9.42. The first-order chi connectivity index (χ1) is 5.02. The fraction of sp³-hybridized carbons (Fsp3) is 0.143. The standard InChI is InChI=1S/C7H9NO3/c1-5(2)8-6(9)3-4-7(10)11/h3-4H,1H2,2H3,(H,8,9)(H,10,11)/b4-3-. The molecule has 0 aromatic heterocycles. The summed E-state index contributed by atoms with van der Waals surface area (Å²) in [7, 11) is 0. The molecule has 1 amide bonds. The minimum atomic E-state index is -1.15. The lowest BCUT2D eigenvalue weighted by atomic mass is 10.4. The van der Waals surface area contributed by atoms with Crippen molar-refractivity contribution in [1.82, 2.24) is 5.32 Å². The second-order valence-corrected chi connectivity index (χ2v) is 1.94. The lowest BCUT2D eigenvalue weighted by Crippen LogP contribution is -2.17. The van der Waals surface area contributed by atoms with Crippen LogP contribution < -0.4 is 5.32 Å². The van der Waals surface area contributed by atoms with Gasteiger partial charge in [0.2, 0.25) is 5.91 Å². The van der Waals surface area contributed by atoms with Crippen LogP contribution in [0, 0.1) is 0 Å². The second-order valence-electron chi connectivity index (χ2n) is 1.94. The Morgan fingerprint density at radius 3 is 2.36 bits per heavy atom. The van der Waals surface area contributed by atoms with Crippen molar-refractivity contribution in [2.45, 2.75) is 6.92 Å². The van der Waals surface area contributed by atoms with E-state index in [0.717, 1.165) is 12.2 Å². The van der Waals surface area contributed by atoms with Crippen LogP contribution in [0.2, 0.25) is 0 Å². The van der Waals surface area contributed by atoms with Crippen molar-refractivity contribution < 1.29 is 14.7 Å². The molecule has 11 heavy (non-hydrogen) atoms. The number of amides is 1. The molecule has 0 radical (unpaired) electrons. The highest BCUT2D eigenvalue weighted by Gasteiger charge is 1.94. The summed E-state index contributed by atoms with van der Waals surface area (Å²) in [6.07, 6.45) is 1.69. The maximum atomic E-state index is 10.6. The molecule has 0 aromatic rings. The molecule has 0 aliphatic heterocycles. The number of nitrogens with one attached hydrogen (secondary N) is 1. The number of hydrogen-bond acceptors (Lipinski definition) is 2. The van der Waals surface area contributed by atoms with Crippen molar-refractivity contribution in [3.05, 3.63) is 24.4 Å². The first-order valence-electron chi connectivity index (χ1n) is 2.90. The highest BCUT2D eigenvalue weighted by Crippen LogP contribution is 1.80. The van der Waals surface area contributed by atoms with Gasteiger partial charge in [-0.15, -0.1) is 0 Å². The lowest BCUT2D eigenvalue weighted by Gasteiger charge is -1.96. The molecule has 2 N–H and O–H groups in total. The molecule has 0 saturated carbocycles. The summed E-state index contributed by atoms with van der Waals surface area (Å²) in [4.78, 5) is 20.5. The molecule has 4 heteroatoms. The normalized spacial score (nSPS) is 9.55. The Morgan fingerprint density at radius 2 is 2.00 bits per heavy atom. The van der Waals surface area contributed by atoms with Gasteiger partial charge >= 0.3 is 5.97 Å². The van der Waals surface area contributed by atoms with E-state index in [1.54, 1.807) is 6.92 Å². The van der Waals surface area contributed by atoms with E-state index in [0.29, 0.717) is 5.70 Å². The zero-order valence-electron chi connectivity index (χ0n) is 6.13. The minimum absolute atomic E-state index is 0.477. The van der Waals surface area contributed by atoms with Gasteiger partial charge in [0.1, 0.15) is 0 Å². The highest BCUT2D eigenvalue weighted by molar-refractivity contribution is 5.94. The summed E-state index contributed by atoms with van der Waals surface area (Å²) in [5.74, 6) is -1.64. The van der Waals surface area contributed by atoms with Gasteiger partial charge in [-0.3, -0.25) is 4.79 Å². The van der Waals surface area contributed by atoms with Crippen LogP contribution in [-0.2, 0) is 9.59 Å². The van der Waals surface area contributed by atoms with Gasteiger partial charge in [0.15, 0.2) is 0 Å². The second kappa shape index (κ2) is 4.27. The summed E-state index contributed by atoms with van der Waals surface area (Å²) >= 11 is 0. The molecule has 0 bridgehead atoms. The van der Waals surface area contributed by atoms with Crippen LogP contribution in [0.4, 0.5) is 0 Å². The van der Waals surface area contributed by atoms with Gasteiger partial charge in [0.05, 0.1) is 0 Å². The third-order valence-electron chi connectivity index (χ3n) is 0.714. The van der Waals surface area contributed by atoms with E-state index in [4.69, 9.17) is 5.11 Å². The smallest absolute Gasteiger partial charge is 0.328 e. The zero-order chi connectivity index (χ0) is 8.85. The fourth-order valence-electron chi connectivity index (χ4n) is 0.399. The van der Waals surface area contributed by atoms with E-state index in [9.17, 15) is 9.59 Å². The molecule has 4 nitrogen and oxygen atoms in total. The van der Waals surface area contributed by atoms with Gasteiger partial charge in [-0.1, -0.05) is 6.58 Å². The summed E-state index contributed by atoms with van der Waals surface area (Å²) in [6, 6.07) is 0. The molecular weight excluding hydrogens is 146 g/mol. The third kappa shape index (κ3) is 6.30. The van der Waals surface area contributed by atoms with Gasteiger partial charge in [0, 0.05) is 17.8 Å². The minimum Gasteiger partial charge on any atom is -0.478 e. The van der Waals surface area contributed by atoms with Crippen molar-refractivity contribution in [3.8, 4) is 0 Å². The Bertz CT molecular complexity index is 218. The number of carbonyl (C=O) groups excluding carboxylic acids is 1. The largest absolute Gasteiger partial charge is 0.478 e. The summed E-state index contributed by atoms with van der Waals surface area (Å²) < 4.78 is 0. The predicted octanol–water partition coefficient (Wildman–Crippen LogP) is 0.277.